The fourth-order valence-corrected chi connectivity index (χ4v) is 3.24. The van der Waals surface area contributed by atoms with Gasteiger partial charge in [-0.05, 0) is 44.2 Å². The van der Waals surface area contributed by atoms with Gasteiger partial charge >= 0.3 is 0 Å². The van der Waals surface area contributed by atoms with E-state index in [-0.39, 0.29) is 12.0 Å². The Morgan fingerprint density at radius 1 is 1.14 bits per heavy atom. The van der Waals surface area contributed by atoms with Crippen LogP contribution in [0.2, 0.25) is 0 Å². The highest BCUT2D eigenvalue weighted by atomic mass is 16.5. The third kappa shape index (κ3) is 3.43. The van der Waals surface area contributed by atoms with Gasteiger partial charge in [-0.2, -0.15) is 0 Å². The van der Waals surface area contributed by atoms with Gasteiger partial charge in [-0.1, -0.05) is 0 Å². The second-order valence-corrected chi connectivity index (χ2v) is 6.88. The van der Waals surface area contributed by atoms with E-state index < -0.39 is 0 Å². The van der Waals surface area contributed by atoms with E-state index in [4.69, 9.17) is 9.47 Å². The van der Waals surface area contributed by atoms with Crippen LogP contribution in [0.1, 0.15) is 29.9 Å². The zero-order chi connectivity index (χ0) is 19.7. The average Bonchev–Trinajstić information content (AvgIpc) is 3.14. The summed E-state index contributed by atoms with van der Waals surface area (Å²) in [7, 11) is 1.61. The Hall–Kier alpha value is -3.35. The Labute approximate surface area is 163 Å². The first kappa shape index (κ1) is 18.0. The summed E-state index contributed by atoms with van der Waals surface area (Å²) in [4.78, 5) is 24.4. The third-order valence-corrected chi connectivity index (χ3v) is 4.52. The minimum Gasteiger partial charge on any atom is -0.493 e. The number of rotatable bonds is 5. The molecule has 3 heterocycles. The predicted octanol–water partition coefficient (Wildman–Crippen LogP) is 3.22. The summed E-state index contributed by atoms with van der Waals surface area (Å²) < 4.78 is 11.2. The number of H-pyrrole nitrogens is 1. The van der Waals surface area contributed by atoms with Gasteiger partial charge in [0.1, 0.15) is 0 Å². The van der Waals surface area contributed by atoms with Crippen molar-refractivity contribution in [2.75, 3.05) is 13.7 Å². The Morgan fingerprint density at radius 2 is 2.00 bits per heavy atom. The van der Waals surface area contributed by atoms with Gasteiger partial charge in [0.05, 0.1) is 30.2 Å². The molecule has 0 fully saturated rings. The monoisotopic (exact) mass is 378 g/mol. The third-order valence-electron chi connectivity index (χ3n) is 4.52. The number of amides is 1. The SMILES string of the molecule is COc1cc(-c2nccc(-c3cc4c([nH]3)CCNC4=O)n2)ccc1OC(C)C. The topological polar surface area (TPSA) is 89.1 Å². The van der Waals surface area contributed by atoms with E-state index in [1.54, 1.807) is 13.3 Å². The molecular formula is C21H22N4O3. The molecule has 0 aliphatic carbocycles. The maximum atomic E-state index is 12.0. The fraction of sp³-hybridized carbons (Fsp3) is 0.286. The summed E-state index contributed by atoms with van der Waals surface area (Å²) in [5.74, 6) is 1.83. The molecule has 1 amide bonds. The number of nitrogens with zero attached hydrogens (tertiary/aromatic N) is 2. The molecule has 4 rings (SSSR count). The van der Waals surface area contributed by atoms with E-state index >= 15 is 0 Å². The van der Waals surface area contributed by atoms with Gasteiger partial charge in [-0.3, -0.25) is 4.79 Å². The highest BCUT2D eigenvalue weighted by Gasteiger charge is 2.20. The Balaban J connectivity index is 1.69. The van der Waals surface area contributed by atoms with Crippen LogP contribution in [-0.2, 0) is 6.42 Å². The average molecular weight is 378 g/mol. The van der Waals surface area contributed by atoms with Crippen LogP contribution in [-0.4, -0.2) is 40.6 Å². The highest BCUT2D eigenvalue weighted by Crippen LogP contribution is 2.32. The van der Waals surface area contributed by atoms with Crippen molar-refractivity contribution in [3.63, 3.8) is 0 Å². The van der Waals surface area contributed by atoms with Crippen LogP contribution in [0.3, 0.4) is 0 Å². The van der Waals surface area contributed by atoms with Crippen molar-refractivity contribution < 1.29 is 14.3 Å². The lowest BCUT2D eigenvalue weighted by Crippen LogP contribution is -2.31. The molecule has 0 saturated carbocycles. The number of hydrogen-bond donors (Lipinski definition) is 2. The summed E-state index contributed by atoms with van der Waals surface area (Å²) in [6.07, 6.45) is 2.55. The molecule has 3 aromatic rings. The maximum absolute atomic E-state index is 12.0. The molecule has 0 radical (unpaired) electrons. The molecule has 0 bridgehead atoms. The summed E-state index contributed by atoms with van der Waals surface area (Å²) in [5, 5.41) is 2.85. The summed E-state index contributed by atoms with van der Waals surface area (Å²) in [6.45, 7) is 4.58. The standard InChI is InChI=1S/C21H22N4O3/c1-12(2)28-18-5-4-13(10-19(18)27-3)20-22-8-7-16(25-20)17-11-14-15(24-17)6-9-23-21(14)26/h4-5,7-8,10-12,24H,6,9H2,1-3H3,(H,23,26). The molecule has 28 heavy (non-hydrogen) atoms. The number of carbonyl (C=O) groups is 1. The van der Waals surface area contributed by atoms with Crippen LogP contribution in [0.15, 0.2) is 36.5 Å². The van der Waals surface area contributed by atoms with Gasteiger partial charge in [0.25, 0.3) is 5.91 Å². The van der Waals surface area contributed by atoms with E-state index in [0.717, 1.165) is 29.1 Å². The van der Waals surface area contributed by atoms with Gasteiger partial charge < -0.3 is 19.8 Å². The summed E-state index contributed by atoms with van der Waals surface area (Å²) in [6, 6.07) is 9.31. The lowest BCUT2D eigenvalue weighted by molar-refractivity contribution is 0.0946. The first-order valence-corrected chi connectivity index (χ1v) is 9.23. The number of fused-ring (bicyclic) bond motifs is 1. The number of aromatic nitrogens is 3. The Bertz CT molecular complexity index is 1030. The first-order chi connectivity index (χ1) is 13.5. The molecule has 7 heteroatoms. The molecule has 0 saturated heterocycles. The molecule has 0 unspecified atom stereocenters. The number of carbonyl (C=O) groups excluding carboxylic acids is 1. The van der Waals surface area contributed by atoms with Crippen molar-refractivity contribution in [2.45, 2.75) is 26.4 Å². The molecule has 2 N–H and O–H groups in total. The lowest BCUT2D eigenvalue weighted by atomic mass is 10.1. The zero-order valence-electron chi connectivity index (χ0n) is 16.1. The summed E-state index contributed by atoms with van der Waals surface area (Å²) >= 11 is 0. The second-order valence-electron chi connectivity index (χ2n) is 6.88. The second kappa shape index (κ2) is 7.34. The number of benzene rings is 1. The molecule has 1 aliphatic rings. The lowest BCUT2D eigenvalue weighted by Gasteiger charge is -2.14. The number of hydrogen-bond acceptors (Lipinski definition) is 5. The van der Waals surface area contributed by atoms with Crippen molar-refractivity contribution in [1.29, 1.82) is 0 Å². The smallest absolute Gasteiger partial charge is 0.253 e. The molecule has 1 aromatic carbocycles. The minimum atomic E-state index is -0.0523. The van der Waals surface area contributed by atoms with Crippen LogP contribution in [0, 0.1) is 0 Å². The van der Waals surface area contributed by atoms with Gasteiger partial charge in [0.15, 0.2) is 17.3 Å². The van der Waals surface area contributed by atoms with Crippen LogP contribution >= 0.6 is 0 Å². The molecule has 7 nitrogen and oxygen atoms in total. The molecule has 0 spiro atoms. The van der Waals surface area contributed by atoms with E-state index in [9.17, 15) is 4.79 Å². The number of nitrogens with one attached hydrogen (secondary N) is 2. The van der Waals surface area contributed by atoms with Crippen LogP contribution < -0.4 is 14.8 Å². The fourth-order valence-electron chi connectivity index (χ4n) is 3.24. The number of aromatic amines is 1. The van der Waals surface area contributed by atoms with Crippen molar-refractivity contribution in [3.05, 3.63) is 47.8 Å². The molecular weight excluding hydrogens is 356 g/mol. The number of methoxy groups -OCH3 is 1. The quantitative estimate of drug-likeness (QED) is 0.712. The normalized spacial score (nSPS) is 13.2. The molecule has 1 aliphatic heterocycles. The Morgan fingerprint density at radius 3 is 2.75 bits per heavy atom. The minimum absolute atomic E-state index is 0.0513. The number of ether oxygens (including phenoxy) is 2. The molecule has 144 valence electrons. The van der Waals surface area contributed by atoms with Crippen molar-refractivity contribution in [3.8, 4) is 34.3 Å². The Kier molecular flexibility index (Phi) is 4.73. The van der Waals surface area contributed by atoms with E-state index in [1.165, 1.54) is 0 Å². The maximum Gasteiger partial charge on any atom is 0.253 e. The van der Waals surface area contributed by atoms with E-state index in [2.05, 4.69) is 20.3 Å². The molecule has 2 aromatic heterocycles. The van der Waals surface area contributed by atoms with Crippen LogP contribution in [0.5, 0.6) is 11.5 Å². The van der Waals surface area contributed by atoms with Gasteiger partial charge in [0.2, 0.25) is 0 Å². The van der Waals surface area contributed by atoms with Crippen molar-refractivity contribution >= 4 is 5.91 Å². The van der Waals surface area contributed by atoms with E-state index in [1.807, 2.05) is 44.2 Å². The van der Waals surface area contributed by atoms with Crippen LogP contribution in [0.4, 0.5) is 0 Å². The summed E-state index contributed by atoms with van der Waals surface area (Å²) in [5.41, 5.74) is 3.98. The highest BCUT2D eigenvalue weighted by molar-refractivity contribution is 5.97. The predicted molar refractivity (Wildman–Crippen MR) is 106 cm³/mol. The van der Waals surface area contributed by atoms with E-state index in [0.29, 0.717) is 29.4 Å². The van der Waals surface area contributed by atoms with Gasteiger partial charge in [0, 0.05) is 30.4 Å². The first-order valence-electron chi connectivity index (χ1n) is 9.23. The van der Waals surface area contributed by atoms with Gasteiger partial charge in [-0.15, -0.1) is 0 Å². The largest absolute Gasteiger partial charge is 0.493 e. The van der Waals surface area contributed by atoms with Crippen molar-refractivity contribution in [1.82, 2.24) is 20.3 Å². The van der Waals surface area contributed by atoms with Crippen LogP contribution in [0.25, 0.3) is 22.8 Å². The zero-order valence-corrected chi connectivity index (χ0v) is 16.1. The van der Waals surface area contributed by atoms with Crippen molar-refractivity contribution in [2.24, 2.45) is 0 Å². The molecule has 0 atom stereocenters. The van der Waals surface area contributed by atoms with Gasteiger partial charge in [-0.25, -0.2) is 9.97 Å².